The average molecular weight is 257 g/mol. The van der Waals surface area contributed by atoms with Gasteiger partial charge >= 0.3 is 6.18 Å². The SMILES string of the molecule is COc1ccc(C(F)(F)F)c2c1C(C#N)CCO2. The highest BCUT2D eigenvalue weighted by Crippen LogP contribution is 2.47. The molecule has 0 fully saturated rings. The van der Waals surface area contributed by atoms with Crippen molar-refractivity contribution < 1.29 is 22.6 Å². The van der Waals surface area contributed by atoms with Crippen molar-refractivity contribution in [2.45, 2.75) is 18.5 Å². The molecule has 1 aliphatic rings. The molecule has 3 nitrogen and oxygen atoms in total. The maximum atomic E-state index is 12.8. The molecule has 96 valence electrons. The van der Waals surface area contributed by atoms with Gasteiger partial charge in [-0.25, -0.2) is 0 Å². The summed E-state index contributed by atoms with van der Waals surface area (Å²) in [6.07, 6.45) is -4.14. The van der Waals surface area contributed by atoms with E-state index in [0.29, 0.717) is 6.42 Å². The van der Waals surface area contributed by atoms with Crippen LogP contribution in [0.25, 0.3) is 0 Å². The van der Waals surface area contributed by atoms with Crippen LogP contribution < -0.4 is 9.47 Å². The van der Waals surface area contributed by atoms with Gasteiger partial charge in [-0.2, -0.15) is 18.4 Å². The summed E-state index contributed by atoms with van der Waals surface area (Å²) in [4.78, 5) is 0. The van der Waals surface area contributed by atoms with E-state index in [-0.39, 0.29) is 23.7 Å². The predicted molar refractivity (Wildman–Crippen MR) is 56.5 cm³/mol. The smallest absolute Gasteiger partial charge is 0.419 e. The minimum atomic E-state index is -4.51. The van der Waals surface area contributed by atoms with Crippen LogP contribution in [-0.4, -0.2) is 13.7 Å². The third-order valence-electron chi connectivity index (χ3n) is 2.84. The van der Waals surface area contributed by atoms with Gasteiger partial charge in [0.05, 0.1) is 36.8 Å². The van der Waals surface area contributed by atoms with E-state index >= 15 is 0 Å². The van der Waals surface area contributed by atoms with Crippen molar-refractivity contribution in [3.05, 3.63) is 23.3 Å². The predicted octanol–water partition coefficient (Wildman–Crippen LogP) is 3.10. The molecule has 1 heterocycles. The molecule has 1 atom stereocenters. The van der Waals surface area contributed by atoms with Gasteiger partial charge in [0.25, 0.3) is 0 Å². The number of halogens is 3. The van der Waals surface area contributed by atoms with Crippen LogP contribution in [0, 0.1) is 11.3 Å². The van der Waals surface area contributed by atoms with Crippen LogP contribution in [0.5, 0.6) is 11.5 Å². The van der Waals surface area contributed by atoms with E-state index in [2.05, 4.69) is 0 Å². The largest absolute Gasteiger partial charge is 0.496 e. The summed E-state index contributed by atoms with van der Waals surface area (Å²) in [7, 11) is 1.35. The van der Waals surface area contributed by atoms with Gasteiger partial charge in [0.1, 0.15) is 11.5 Å². The Labute approximate surface area is 102 Å². The van der Waals surface area contributed by atoms with E-state index in [9.17, 15) is 13.2 Å². The lowest BCUT2D eigenvalue weighted by atomic mass is 9.91. The fraction of sp³-hybridized carbons (Fsp3) is 0.417. The lowest BCUT2D eigenvalue weighted by Gasteiger charge is -2.26. The highest BCUT2D eigenvalue weighted by atomic mass is 19.4. The summed E-state index contributed by atoms with van der Waals surface area (Å²) in [5, 5.41) is 9.01. The Morgan fingerprint density at radius 3 is 2.72 bits per heavy atom. The van der Waals surface area contributed by atoms with Gasteiger partial charge in [-0.15, -0.1) is 0 Å². The maximum absolute atomic E-state index is 12.8. The van der Waals surface area contributed by atoms with Gasteiger partial charge in [0.2, 0.25) is 0 Å². The summed E-state index contributed by atoms with van der Waals surface area (Å²) in [5.74, 6) is -0.658. The fourth-order valence-electron chi connectivity index (χ4n) is 2.02. The van der Waals surface area contributed by atoms with E-state index in [1.165, 1.54) is 13.2 Å². The number of hydrogen-bond donors (Lipinski definition) is 0. The molecule has 0 radical (unpaired) electrons. The summed E-state index contributed by atoms with van der Waals surface area (Å²) >= 11 is 0. The molecule has 0 N–H and O–H groups in total. The van der Waals surface area contributed by atoms with Crippen LogP contribution in [0.15, 0.2) is 12.1 Å². The molecule has 0 amide bonds. The minimum absolute atomic E-state index is 0.0987. The zero-order valence-electron chi connectivity index (χ0n) is 9.54. The highest BCUT2D eigenvalue weighted by Gasteiger charge is 2.39. The maximum Gasteiger partial charge on any atom is 0.419 e. The Balaban J connectivity index is 2.67. The molecule has 1 unspecified atom stereocenters. The molecular weight excluding hydrogens is 247 g/mol. The Morgan fingerprint density at radius 2 is 2.17 bits per heavy atom. The van der Waals surface area contributed by atoms with Gasteiger partial charge in [0.15, 0.2) is 0 Å². The fourth-order valence-corrected chi connectivity index (χ4v) is 2.02. The number of alkyl halides is 3. The van der Waals surface area contributed by atoms with Crippen LogP contribution in [-0.2, 0) is 6.18 Å². The number of nitrogens with zero attached hydrogens (tertiary/aromatic N) is 1. The van der Waals surface area contributed by atoms with E-state index in [1.807, 2.05) is 6.07 Å². The third kappa shape index (κ3) is 1.96. The van der Waals surface area contributed by atoms with Crippen molar-refractivity contribution >= 4 is 0 Å². The van der Waals surface area contributed by atoms with Crippen molar-refractivity contribution in [1.82, 2.24) is 0 Å². The standard InChI is InChI=1S/C12H10F3NO2/c1-17-9-3-2-8(12(13,14)15)11-10(9)7(6-16)4-5-18-11/h2-3,7H,4-5H2,1H3. The Morgan fingerprint density at radius 1 is 1.44 bits per heavy atom. The number of rotatable bonds is 1. The first-order chi connectivity index (χ1) is 8.49. The monoisotopic (exact) mass is 257 g/mol. The molecule has 0 spiro atoms. The summed E-state index contributed by atoms with van der Waals surface area (Å²) in [5.41, 5.74) is -0.667. The van der Waals surface area contributed by atoms with E-state index < -0.39 is 17.7 Å². The summed E-state index contributed by atoms with van der Waals surface area (Å²) in [6, 6.07) is 4.12. The molecule has 6 heteroatoms. The van der Waals surface area contributed by atoms with Crippen molar-refractivity contribution in [2.24, 2.45) is 0 Å². The van der Waals surface area contributed by atoms with Crippen LogP contribution in [0.3, 0.4) is 0 Å². The molecule has 0 aliphatic carbocycles. The number of hydrogen-bond acceptors (Lipinski definition) is 3. The first-order valence-electron chi connectivity index (χ1n) is 5.29. The quantitative estimate of drug-likeness (QED) is 0.776. The van der Waals surface area contributed by atoms with Gasteiger partial charge in [-0.1, -0.05) is 0 Å². The minimum Gasteiger partial charge on any atom is -0.496 e. The Hall–Kier alpha value is -1.90. The number of nitriles is 1. The van der Waals surface area contributed by atoms with Crippen molar-refractivity contribution in [3.63, 3.8) is 0 Å². The molecule has 0 saturated heterocycles. The zero-order chi connectivity index (χ0) is 13.3. The second-order valence-corrected chi connectivity index (χ2v) is 3.87. The summed E-state index contributed by atoms with van der Waals surface area (Å²) in [6.45, 7) is 0.0987. The number of benzene rings is 1. The molecule has 1 aromatic rings. The molecule has 1 aliphatic heterocycles. The second kappa shape index (κ2) is 4.41. The molecule has 0 bridgehead atoms. The number of ether oxygens (including phenoxy) is 2. The summed E-state index contributed by atoms with van der Waals surface area (Å²) < 4.78 is 48.6. The normalized spacial score (nSPS) is 18.5. The van der Waals surface area contributed by atoms with Crippen LogP contribution in [0.2, 0.25) is 0 Å². The van der Waals surface area contributed by atoms with Crippen LogP contribution in [0.4, 0.5) is 13.2 Å². The number of methoxy groups -OCH3 is 1. The van der Waals surface area contributed by atoms with E-state index in [0.717, 1.165) is 6.07 Å². The topological polar surface area (TPSA) is 42.2 Å². The van der Waals surface area contributed by atoms with Crippen molar-refractivity contribution in [3.8, 4) is 17.6 Å². The molecule has 18 heavy (non-hydrogen) atoms. The Kier molecular flexibility index (Phi) is 3.07. The second-order valence-electron chi connectivity index (χ2n) is 3.87. The molecule has 2 rings (SSSR count). The van der Waals surface area contributed by atoms with Gasteiger partial charge in [-0.3, -0.25) is 0 Å². The first-order valence-corrected chi connectivity index (χ1v) is 5.29. The molecule has 0 aromatic heterocycles. The highest BCUT2D eigenvalue weighted by molar-refractivity contribution is 5.55. The lowest BCUT2D eigenvalue weighted by Crippen LogP contribution is -2.19. The molecular formula is C12H10F3NO2. The molecule has 1 aromatic carbocycles. The number of fused-ring (bicyclic) bond motifs is 1. The van der Waals surface area contributed by atoms with Gasteiger partial charge in [0, 0.05) is 6.42 Å². The van der Waals surface area contributed by atoms with Gasteiger partial charge in [-0.05, 0) is 12.1 Å². The van der Waals surface area contributed by atoms with Crippen LogP contribution in [0.1, 0.15) is 23.5 Å². The molecule has 0 saturated carbocycles. The van der Waals surface area contributed by atoms with E-state index in [4.69, 9.17) is 14.7 Å². The van der Waals surface area contributed by atoms with Gasteiger partial charge < -0.3 is 9.47 Å². The Bertz CT molecular complexity index is 505. The zero-order valence-corrected chi connectivity index (χ0v) is 9.54. The average Bonchev–Trinajstić information content (AvgIpc) is 2.35. The van der Waals surface area contributed by atoms with Crippen molar-refractivity contribution in [1.29, 1.82) is 5.26 Å². The third-order valence-corrected chi connectivity index (χ3v) is 2.84. The first kappa shape index (κ1) is 12.6. The van der Waals surface area contributed by atoms with Crippen molar-refractivity contribution in [2.75, 3.05) is 13.7 Å². The van der Waals surface area contributed by atoms with E-state index in [1.54, 1.807) is 0 Å². The lowest BCUT2D eigenvalue weighted by molar-refractivity contribution is -0.139. The van der Waals surface area contributed by atoms with Crippen LogP contribution >= 0.6 is 0 Å².